The summed E-state index contributed by atoms with van der Waals surface area (Å²) in [5, 5.41) is 7.60. The third-order valence-electron chi connectivity index (χ3n) is 7.34. The van der Waals surface area contributed by atoms with Crippen LogP contribution in [0.5, 0.6) is 11.5 Å². The lowest BCUT2D eigenvalue weighted by atomic mass is 9.90. The summed E-state index contributed by atoms with van der Waals surface area (Å²) < 4.78 is 66.2. The molecular weight excluding hydrogens is 591 g/mol. The Bertz CT molecular complexity index is 1690. The Labute approximate surface area is 255 Å². The molecule has 1 fully saturated rings. The molecule has 0 unspecified atom stereocenters. The minimum atomic E-state index is -3.98. The van der Waals surface area contributed by atoms with Gasteiger partial charge in [0, 0.05) is 19.0 Å². The highest BCUT2D eigenvalue weighted by molar-refractivity contribution is 7.91. The summed E-state index contributed by atoms with van der Waals surface area (Å²) in [7, 11) is -0.991. The van der Waals surface area contributed by atoms with E-state index >= 15 is 0 Å². The molecule has 44 heavy (non-hydrogen) atoms. The molecule has 1 aliphatic rings. The van der Waals surface area contributed by atoms with E-state index < -0.39 is 38.4 Å². The first-order valence-corrected chi connectivity index (χ1v) is 15.8. The molecule has 3 heterocycles. The molecule has 1 saturated heterocycles. The second-order valence-electron chi connectivity index (χ2n) is 11.6. The Balaban J connectivity index is 1.55. The maximum atomic E-state index is 14.2. The number of likely N-dealkylation sites (tertiary alicyclic amines) is 1. The van der Waals surface area contributed by atoms with Crippen molar-refractivity contribution >= 4 is 15.9 Å². The van der Waals surface area contributed by atoms with Crippen molar-refractivity contribution in [2.24, 2.45) is 0 Å². The minimum Gasteiger partial charge on any atom is -0.494 e. The van der Waals surface area contributed by atoms with E-state index in [9.17, 15) is 17.6 Å². The van der Waals surface area contributed by atoms with E-state index in [0.29, 0.717) is 22.9 Å². The van der Waals surface area contributed by atoms with Gasteiger partial charge in [-0.25, -0.2) is 17.6 Å². The highest BCUT2D eigenvalue weighted by atomic mass is 32.2. The first-order valence-electron chi connectivity index (χ1n) is 14.0. The molecule has 0 N–H and O–H groups in total. The number of halogens is 1. The SMILES string of the molecule is COc1cccc(OC)c1-n1c(CS(=O)(=O)[C@@H]2C[C@@H](c3ccc(F)cc3)CN(C(=O)OC(C)(C)C)C2)nnc1-c1ccco1. The maximum Gasteiger partial charge on any atom is 0.410 e. The Kier molecular flexibility index (Phi) is 8.69. The molecule has 2 aromatic carbocycles. The molecule has 0 radical (unpaired) electrons. The maximum absolute atomic E-state index is 14.2. The quantitative estimate of drug-likeness (QED) is 0.253. The summed E-state index contributed by atoms with van der Waals surface area (Å²) in [4.78, 5) is 14.6. The smallest absolute Gasteiger partial charge is 0.410 e. The normalized spacial score (nSPS) is 17.4. The number of piperidine rings is 1. The van der Waals surface area contributed by atoms with Gasteiger partial charge >= 0.3 is 6.09 Å². The van der Waals surface area contributed by atoms with Gasteiger partial charge in [0.2, 0.25) is 5.82 Å². The van der Waals surface area contributed by atoms with Crippen LogP contribution in [0, 0.1) is 5.82 Å². The lowest BCUT2D eigenvalue weighted by Gasteiger charge is -2.38. The molecular formula is C31H35FN4O7S. The summed E-state index contributed by atoms with van der Waals surface area (Å²) in [5.41, 5.74) is 0.352. The first kappa shape index (κ1) is 31.0. The van der Waals surface area contributed by atoms with Crippen molar-refractivity contribution in [3.8, 4) is 28.8 Å². The zero-order valence-electron chi connectivity index (χ0n) is 25.2. The van der Waals surface area contributed by atoms with Crippen LogP contribution in [0.2, 0.25) is 0 Å². The number of carbonyl (C=O) groups excluding carboxylic acids is 1. The van der Waals surface area contributed by atoms with Crippen molar-refractivity contribution in [3.63, 3.8) is 0 Å². The van der Waals surface area contributed by atoms with Crippen molar-refractivity contribution in [3.05, 3.63) is 78.1 Å². The van der Waals surface area contributed by atoms with Crippen LogP contribution < -0.4 is 9.47 Å². The third kappa shape index (κ3) is 6.57. The van der Waals surface area contributed by atoms with Crippen LogP contribution in [0.15, 0.2) is 65.3 Å². The van der Waals surface area contributed by atoms with Gasteiger partial charge in [-0.05, 0) is 69.2 Å². The van der Waals surface area contributed by atoms with Gasteiger partial charge in [0.1, 0.15) is 34.4 Å². The fourth-order valence-electron chi connectivity index (χ4n) is 5.33. The number of furan rings is 1. The third-order valence-corrected chi connectivity index (χ3v) is 9.36. The molecule has 1 aliphatic heterocycles. The van der Waals surface area contributed by atoms with Crippen LogP contribution in [0.4, 0.5) is 9.18 Å². The number of amides is 1. The highest BCUT2D eigenvalue weighted by Gasteiger charge is 2.40. The Morgan fingerprint density at radius 2 is 1.68 bits per heavy atom. The van der Waals surface area contributed by atoms with Gasteiger partial charge in [0.05, 0.1) is 25.7 Å². The number of benzene rings is 2. The Hall–Kier alpha value is -4.39. The van der Waals surface area contributed by atoms with Gasteiger partial charge < -0.3 is 23.5 Å². The van der Waals surface area contributed by atoms with Crippen molar-refractivity contribution in [1.29, 1.82) is 0 Å². The van der Waals surface area contributed by atoms with Gasteiger partial charge in [-0.1, -0.05) is 18.2 Å². The average Bonchev–Trinajstić information content (AvgIpc) is 3.66. The number of carbonyl (C=O) groups is 1. The van der Waals surface area contributed by atoms with Gasteiger partial charge in [0.25, 0.3) is 0 Å². The molecule has 1 amide bonds. The summed E-state index contributed by atoms with van der Waals surface area (Å²) in [6.45, 7) is 5.39. The number of nitrogens with zero attached hydrogens (tertiary/aromatic N) is 4. The molecule has 11 nitrogen and oxygen atoms in total. The first-order chi connectivity index (χ1) is 20.9. The number of rotatable bonds is 8. The predicted octanol–water partition coefficient (Wildman–Crippen LogP) is 5.39. The summed E-state index contributed by atoms with van der Waals surface area (Å²) >= 11 is 0. The lowest BCUT2D eigenvalue weighted by Crippen LogP contribution is -2.49. The van der Waals surface area contributed by atoms with E-state index in [4.69, 9.17) is 18.6 Å². The number of sulfone groups is 1. The Morgan fingerprint density at radius 3 is 2.27 bits per heavy atom. The standard InChI is InChI=1S/C31H35FN4O7S/c1-31(2,3)43-30(37)35-17-21(20-11-13-22(32)14-12-20)16-23(18-35)44(38,39)19-27-33-34-29(26-10-7-15-42-26)36(27)28-24(40-4)8-6-9-25(28)41-5/h6-15,21,23H,16-19H2,1-5H3/t21-,23-/m1/s1. The minimum absolute atomic E-state index is 0.0773. The fourth-order valence-corrected chi connectivity index (χ4v) is 7.04. The second-order valence-corrected chi connectivity index (χ2v) is 13.8. The molecule has 2 atom stereocenters. The molecule has 234 valence electrons. The molecule has 0 spiro atoms. The van der Waals surface area contributed by atoms with E-state index in [1.807, 2.05) is 0 Å². The molecule has 4 aromatic rings. The monoisotopic (exact) mass is 626 g/mol. The van der Waals surface area contributed by atoms with Crippen LogP contribution >= 0.6 is 0 Å². The highest BCUT2D eigenvalue weighted by Crippen LogP contribution is 2.38. The summed E-state index contributed by atoms with van der Waals surface area (Å²) in [5.74, 6) is 0.239. The topological polar surface area (TPSA) is 126 Å². The summed E-state index contributed by atoms with van der Waals surface area (Å²) in [6, 6.07) is 14.4. The number of hydrogen-bond donors (Lipinski definition) is 0. The van der Waals surface area contributed by atoms with Gasteiger partial charge in [-0.2, -0.15) is 0 Å². The van der Waals surface area contributed by atoms with Crippen LogP contribution in [0.3, 0.4) is 0 Å². The van der Waals surface area contributed by atoms with Crippen LogP contribution in [-0.2, 0) is 20.3 Å². The second kappa shape index (κ2) is 12.3. The van der Waals surface area contributed by atoms with Gasteiger partial charge in [0.15, 0.2) is 21.4 Å². The molecule has 2 aromatic heterocycles. The summed E-state index contributed by atoms with van der Waals surface area (Å²) in [6.07, 6.45) is 1.07. The predicted molar refractivity (Wildman–Crippen MR) is 160 cm³/mol. The van der Waals surface area contributed by atoms with Crippen molar-refractivity contribution in [2.75, 3.05) is 27.3 Å². The van der Waals surface area contributed by atoms with Gasteiger partial charge in [-0.3, -0.25) is 4.57 Å². The average molecular weight is 627 g/mol. The molecule has 13 heteroatoms. The van der Waals surface area contributed by atoms with Crippen LogP contribution in [0.25, 0.3) is 17.3 Å². The van der Waals surface area contributed by atoms with Crippen molar-refractivity contribution in [2.45, 2.75) is 49.7 Å². The molecule has 0 aliphatic carbocycles. The van der Waals surface area contributed by atoms with Crippen molar-refractivity contribution < 1.29 is 36.2 Å². The van der Waals surface area contributed by atoms with Gasteiger partial charge in [-0.15, -0.1) is 10.2 Å². The number of methoxy groups -OCH3 is 2. The number of hydrogen-bond acceptors (Lipinski definition) is 9. The molecule has 0 bridgehead atoms. The van der Waals surface area contributed by atoms with Crippen LogP contribution in [-0.4, -0.2) is 72.3 Å². The number of para-hydroxylation sites is 1. The molecule has 0 saturated carbocycles. The largest absolute Gasteiger partial charge is 0.494 e. The Morgan fingerprint density at radius 1 is 1.00 bits per heavy atom. The van der Waals surface area contributed by atoms with E-state index in [2.05, 4.69) is 10.2 Å². The molecule has 5 rings (SSSR count). The van der Waals surface area contributed by atoms with E-state index in [0.717, 1.165) is 5.56 Å². The zero-order valence-corrected chi connectivity index (χ0v) is 26.0. The number of ether oxygens (including phenoxy) is 3. The lowest BCUT2D eigenvalue weighted by molar-refractivity contribution is 0.0201. The van der Waals surface area contributed by atoms with Crippen LogP contribution in [0.1, 0.15) is 44.5 Å². The van der Waals surface area contributed by atoms with E-state index in [-0.39, 0.29) is 37.1 Å². The van der Waals surface area contributed by atoms with E-state index in [1.165, 1.54) is 37.5 Å². The van der Waals surface area contributed by atoms with E-state index in [1.54, 1.807) is 67.8 Å². The van der Waals surface area contributed by atoms with Crippen molar-refractivity contribution in [1.82, 2.24) is 19.7 Å². The number of aromatic nitrogens is 3. The zero-order chi connectivity index (χ0) is 31.6. The fraction of sp³-hybridized carbons (Fsp3) is 0.387.